The minimum atomic E-state index is -0.121. The van der Waals surface area contributed by atoms with E-state index in [0.29, 0.717) is 17.8 Å². The van der Waals surface area contributed by atoms with Crippen molar-refractivity contribution in [2.24, 2.45) is 0 Å². The molecule has 3 heterocycles. The van der Waals surface area contributed by atoms with Crippen LogP contribution in [-0.4, -0.2) is 46.0 Å². The van der Waals surface area contributed by atoms with Gasteiger partial charge in [0.15, 0.2) is 0 Å². The second-order valence-corrected chi connectivity index (χ2v) is 7.46. The van der Waals surface area contributed by atoms with E-state index in [0.717, 1.165) is 25.1 Å². The molecule has 0 radical (unpaired) electrons. The molecule has 2 bridgehead atoms. The summed E-state index contributed by atoms with van der Waals surface area (Å²) in [5.41, 5.74) is 1.62. The smallest absolute Gasteiger partial charge is 0.271 e. The van der Waals surface area contributed by atoms with Crippen LogP contribution in [0.4, 0.5) is 0 Å². The number of nitrogens with one attached hydrogen (secondary N) is 1. The standard InChI is InChI=1S/C21H26N4O2/c1-27-20-8-3-2-5-15(20)14-25-17-6-4-7-18(25)12-16(11-17)24-21(26)19-13-22-9-10-23-19/h2-3,5,8-10,13,16-18H,4,6-7,11-12,14H2,1H3,(H,24,26)/t16?,17-,18+. The van der Waals surface area contributed by atoms with Crippen LogP contribution in [0.1, 0.15) is 48.2 Å². The van der Waals surface area contributed by atoms with Crippen molar-refractivity contribution in [3.63, 3.8) is 0 Å². The van der Waals surface area contributed by atoms with E-state index in [4.69, 9.17) is 4.74 Å². The average molecular weight is 366 g/mol. The minimum Gasteiger partial charge on any atom is -0.496 e. The number of carbonyl (C=O) groups excluding carboxylic acids is 1. The Morgan fingerprint density at radius 3 is 2.70 bits per heavy atom. The van der Waals surface area contributed by atoms with Gasteiger partial charge in [-0.3, -0.25) is 14.7 Å². The molecular formula is C21H26N4O2. The van der Waals surface area contributed by atoms with Gasteiger partial charge in [-0.1, -0.05) is 24.6 Å². The van der Waals surface area contributed by atoms with Crippen molar-refractivity contribution in [3.8, 4) is 5.75 Å². The number of hydrogen-bond acceptors (Lipinski definition) is 5. The predicted octanol–water partition coefficient (Wildman–Crippen LogP) is 2.80. The number of hydrogen-bond donors (Lipinski definition) is 1. The van der Waals surface area contributed by atoms with Crippen LogP contribution in [0.5, 0.6) is 5.75 Å². The number of piperidine rings is 2. The van der Waals surface area contributed by atoms with Gasteiger partial charge < -0.3 is 10.1 Å². The highest BCUT2D eigenvalue weighted by molar-refractivity contribution is 5.92. The maximum Gasteiger partial charge on any atom is 0.271 e. The Bertz CT molecular complexity index is 769. The molecule has 0 aliphatic carbocycles. The number of rotatable bonds is 5. The second kappa shape index (κ2) is 8.05. The molecule has 2 aliphatic heterocycles. The van der Waals surface area contributed by atoms with Crippen molar-refractivity contribution in [2.75, 3.05) is 7.11 Å². The first-order valence-corrected chi connectivity index (χ1v) is 9.69. The first-order chi connectivity index (χ1) is 13.2. The normalized spacial score (nSPS) is 25.0. The van der Waals surface area contributed by atoms with Gasteiger partial charge in [0.1, 0.15) is 11.4 Å². The first-order valence-electron chi connectivity index (χ1n) is 9.69. The summed E-state index contributed by atoms with van der Waals surface area (Å²) < 4.78 is 5.54. The van der Waals surface area contributed by atoms with E-state index in [9.17, 15) is 4.79 Å². The summed E-state index contributed by atoms with van der Waals surface area (Å²) in [4.78, 5) is 23.2. The fourth-order valence-electron chi connectivity index (χ4n) is 4.56. The molecule has 2 aromatic rings. The third-order valence-corrected chi connectivity index (χ3v) is 5.80. The van der Waals surface area contributed by atoms with E-state index in [-0.39, 0.29) is 11.9 Å². The lowest BCUT2D eigenvalue weighted by atomic mass is 9.81. The number of aromatic nitrogens is 2. The topological polar surface area (TPSA) is 67.3 Å². The number of para-hydroxylation sites is 1. The Labute approximate surface area is 160 Å². The van der Waals surface area contributed by atoms with Gasteiger partial charge in [0.25, 0.3) is 5.91 Å². The van der Waals surface area contributed by atoms with E-state index < -0.39 is 0 Å². The van der Waals surface area contributed by atoms with Gasteiger partial charge in [-0.15, -0.1) is 0 Å². The zero-order valence-corrected chi connectivity index (χ0v) is 15.7. The summed E-state index contributed by atoms with van der Waals surface area (Å²) >= 11 is 0. The van der Waals surface area contributed by atoms with Crippen LogP contribution >= 0.6 is 0 Å². The van der Waals surface area contributed by atoms with Gasteiger partial charge >= 0.3 is 0 Å². The molecule has 142 valence electrons. The summed E-state index contributed by atoms with van der Waals surface area (Å²) in [6.45, 7) is 0.907. The third-order valence-electron chi connectivity index (χ3n) is 5.80. The van der Waals surface area contributed by atoms with Crippen molar-refractivity contribution < 1.29 is 9.53 Å². The molecule has 27 heavy (non-hydrogen) atoms. The quantitative estimate of drug-likeness (QED) is 0.881. The molecule has 3 atom stereocenters. The fourth-order valence-corrected chi connectivity index (χ4v) is 4.56. The van der Waals surface area contributed by atoms with E-state index in [1.165, 1.54) is 31.0 Å². The molecule has 2 saturated heterocycles. The van der Waals surface area contributed by atoms with Crippen LogP contribution in [0, 0.1) is 0 Å². The number of methoxy groups -OCH3 is 1. The van der Waals surface area contributed by atoms with Crippen LogP contribution < -0.4 is 10.1 Å². The third kappa shape index (κ3) is 3.95. The summed E-state index contributed by atoms with van der Waals surface area (Å²) in [7, 11) is 1.73. The van der Waals surface area contributed by atoms with E-state index >= 15 is 0 Å². The zero-order valence-electron chi connectivity index (χ0n) is 15.7. The van der Waals surface area contributed by atoms with Crippen LogP contribution in [0.25, 0.3) is 0 Å². The summed E-state index contributed by atoms with van der Waals surface area (Å²) in [6.07, 6.45) is 10.3. The van der Waals surface area contributed by atoms with Crippen molar-refractivity contribution in [1.29, 1.82) is 0 Å². The number of amides is 1. The lowest BCUT2D eigenvalue weighted by molar-refractivity contribution is 0.0172. The number of ether oxygens (including phenoxy) is 1. The average Bonchev–Trinajstić information content (AvgIpc) is 2.69. The Kier molecular flexibility index (Phi) is 5.34. The first kappa shape index (κ1) is 17.9. The zero-order chi connectivity index (χ0) is 18.6. The van der Waals surface area contributed by atoms with Gasteiger partial charge in [-0.25, -0.2) is 4.98 Å². The Morgan fingerprint density at radius 2 is 2.00 bits per heavy atom. The van der Waals surface area contributed by atoms with Gasteiger partial charge in [0.2, 0.25) is 0 Å². The molecule has 6 nitrogen and oxygen atoms in total. The Morgan fingerprint density at radius 1 is 1.22 bits per heavy atom. The van der Waals surface area contributed by atoms with Crippen molar-refractivity contribution in [3.05, 3.63) is 54.1 Å². The summed E-state index contributed by atoms with van der Waals surface area (Å²) in [6, 6.07) is 9.45. The highest BCUT2D eigenvalue weighted by atomic mass is 16.5. The molecule has 1 amide bonds. The highest BCUT2D eigenvalue weighted by Crippen LogP contribution is 2.36. The lowest BCUT2D eigenvalue weighted by Gasteiger charge is -2.49. The van der Waals surface area contributed by atoms with Gasteiger partial charge in [0, 0.05) is 42.6 Å². The number of nitrogens with zero attached hydrogens (tertiary/aromatic N) is 3. The lowest BCUT2D eigenvalue weighted by Crippen LogP contribution is -2.56. The maximum atomic E-state index is 12.4. The SMILES string of the molecule is COc1ccccc1CN1[C@@H]2CCC[C@H]1CC(NC(=O)c1cnccn1)C2. The van der Waals surface area contributed by atoms with Gasteiger partial charge in [-0.2, -0.15) is 0 Å². The van der Waals surface area contributed by atoms with Gasteiger partial charge in [0.05, 0.1) is 13.3 Å². The second-order valence-electron chi connectivity index (χ2n) is 7.46. The van der Waals surface area contributed by atoms with Crippen molar-refractivity contribution in [2.45, 2.75) is 56.8 Å². The largest absolute Gasteiger partial charge is 0.496 e. The van der Waals surface area contributed by atoms with Crippen LogP contribution in [0.2, 0.25) is 0 Å². The monoisotopic (exact) mass is 366 g/mol. The van der Waals surface area contributed by atoms with Crippen molar-refractivity contribution >= 4 is 5.91 Å². The van der Waals surface area contributed by atoms with E-state index in [2.05, 4.69) is 32.3 Å². The molecule has 2 fully saturated rings. The Balaban J connectivity index is 1.44. The summed E-state index contributed by atoms with van der Waals surface area (Å²) in [5, 5.41) is 3.18. The highest BCUT2D eigenvalue weighted by Gasteiger charge is 2.39. The predicted molar refractivity (Wildman–Crippen MR) is 102 cm³/mol. The number of carbonyl (C=O) groups is 1. The molecule has 6 heteroatoms. The fraction of sp³-hybridized carbons (Fsp3) is 0.476. The Hall–Kier alpha value is -2.47. The van der Waals surface area contributed by atoms with Crippen molar-refractivity contribution in [1.82, 2.24) is 20.2 Å². The minimum absolute atomic E-state index is 0.121. The molecule has 4 rings (SSSR count). The maximum absolute atomic E-state index is 12.4. The van der Waals surface area contributed by atoms with E-state index in [1.54, 1.807) is 19.5 Å². The molecule has 1 unspecified atom stereocenters. The molecule has 1 aromatic heterocycles. The molecule has 2 aliphatic rings. The molecule has 1 aromatic carbocycles. The molecule has 0 saturated carbocycles. The molecule has 0 spiro atoms. The van der Waals surface area contributed by atoms with E-state index in [1.807, 2.05) is 12.1 Å². The molecular weight excluding hydrogens is 340 g/mol. The summed E-state index contributed by atoms with van der Waals surface area (Å²) in [5.74, 6) is 0.831. The molecule has 1 N–H and O–H groups in total. The van der Waals surface area contributed by atoms with Crippen LogP contribution in [0.3, 0.4) is 0 Å². The van der Waals surface area contributed by atoms with Crippen LogP contribution in [-0.2, 0) is 6.54 Å². The van der Waals surface area contributed by atoms with Gasteiger partial charge in [-0.05, 0) is 31.7 Å². The van der Waals surface area contributed by atoms with Crippen LogP contribution in [0.15, 0.2) is 42.9 Å². The number of fused-ring (bicyclic) bond motifs is 2. The number of benzene rings is 1.